The molecule has 2 aromatic rings. The molecule has 0 saturated heterocycles. The Morgan fingerprint density at radius 1 is 1.39 bits per heavy atom. The normalized spacial score (nSPS) is 12.4. The van der Waals surface area contributed by atoms with Crippen molar-refractivity contribution in [3.63, 3.8) is 0 Å². The first-order valence-electron chi connectivity index (χ1n) is 7.27. The lowest BCUT2D eigenvalue weighted by molar-refractivity contribution is -0.137. The molecule has 1 aromatic heterocycles. The van der Waals surface area contributed by atoms with Gasteiger partial charge in [0.2, 0.25) is 10.0 Å². The van der Waals surface area contributed by atoms with Gasteiger partial charge in [-0.25, -0.2) is 13.1 Å². The largest absolute Gasteiger partial charge is 0.481 e. The number of hydrogen-bond donors (Lipinski definition) is 1. The number of fused-ring (bicyclic) bond motifs is 1. The summed E-state index contributed by atoms with van der Waals surface area (Å²) in [4.78, 5) is 10.7. The zero-order valence-electron chi connectivity index (χ0n) is 13.3. The van der Waals surface area contributed by atoms with Crippen molar-refractivity contribution in [3.05, 3.63) is 18.2 Å². The van der Waals surface area contributed by atoms with Gasteiger partial charge in [-0.1, -0.05) is 11.3 Å². The van der Waals surface area contributed by atoms with E-state index in [9.17, 15) is 13.2 Å². The molecular weight excluding hydrogens is 320 g/mol. The molecule has 0 saturated carbocycles. The van der Waals surface area contributed by atoms with Gasteiger partial charge in [0.15, 0.2) is 0 Å². The van der Waals surface area contributed by atoms with Gasteiger partial charge in [-0.2, -0.15) is 4.31 Å². The van der Waals surface area contributed by atoms with Crippen molar-refractivity contribution in [1.82, 2.24) is 19.3 Å². The van der Waals surface area contributed by atoms with Crippen LogP contribution in [0.1, 0.15) is 26.7 Å². The van der Waals surface area contributed by atoms with E-state index in [1.165, 1.54) is 15.1 Å². The number of sulfonamides is 1. The van der Waals surface area contributed by atoms with E-state index in [2.05, 4.69) is 10.3 Å². The van der Waals surface area contributed by atoms with Crippen LogP contribution in [-0.4, -0.2) is 51.4 Å². The molecule has 2 rings (SSSR count). The minimum atomic E-state index is -3.79. The lowest BCUT2D eigenvalue weighted by atomic mass is 10.3. The van der Waals surface area contributed by atoms with Crippen LogP contribution in [0.3, 0.4) is 0 Å². The second-order valence-corrected chi connectivity index (χ2v) is 7.40. The predicted octanol–water partition coefficient (Wildman–Crippen LogP) is 1.23. The first-order valence-corrected chi connectivity index (χ1v) is 8.71. The molecule has 0 unspecified atom stereocenters. The van der Waals surface area contributed by atoms with Crippen LogP contribution >= 0.6 is 0 Å². The van der Waals surface area contributed by atoms with E-state index in [1.807, 2.05) is 0 Å². The number of aryl methyl sites for hydroxylation is 1. The van der Waals surface area contributed by atoms with E-state index in [-0.39, 0.29) is 30.3 Å². The van der Waals surface area contributed by atoms with Crippen molar-refractivity contribution in [2.45, 2.75) is 37.6 Å². The lowest BCUT2D eigenvalue weighted by Gasteiger charge is -2.25. The van der Waals surface area contributed by atoms with Gasteiger partial charge < -0.3 is 5.11 Å². The molecular formula is C14H20N4O4S. The third-order valence-corrected chi connectivity index (χ3v) is 5.64. The summed E-state index contributed by atoms with van der Waals surface area (Å²) in [6.07, 6.45) is 0.178. The Morgan fingerprint density at radius 2 is 2.09 bits per heavy atom. The molecule has 0 radical (unpaired) electrons. The van der Waals surface area contributed by atoms with Crippen LogP contribution in [-0.2, 0) is 21.9 Å². The highest BCUT2D eigenvalue weighted by atomic mass is 32.2. The summed E-state index contributed by atoms with van der Waals surface area (Å²) in [5.41, 5.74) is 0.944. The van der Waals surface area contributed by atoms with Gasteiger partial charge in [-0.3, -0.25) is 4.79 Å². The molecule has 8 nitrogen and oxygen atoms in total. The minimum absolute atomic E-state index is 0.0753. The highest BCUT2D eigenvalue weighted by Crippen LogP contribution is 2.25. The van der Waals surface area contributed by atoms with Crippen molar-refractivity contribution in [1.29, 1.82) is 0 Å². The summed E-state index contributed by atoms with van der Waals surface area (Å²) in [5, 5.41) is 16.6. The fourth-order valence-corrected chi connectivity index (χ4v) is 4.23. The van der Waals surface area contributed by atoms with Gasteiger partial charge >= 0.3 is 5.97 Å². The SMILES string of the molecule is CC(C)N(CCCC(=O)O)S(=O)(=O)c1cccc2c1nnn2C. The Morgan fingerprint density at radius 3 is 2.70 bits per heavy atom. The summed E-state index contributed by atoms with van der Waals surface area (Å²) < 4.78 is 28.8. The van der Waals surface area contributed by atoms with E-state index >= 15 is 0 Å². The molecule has 1 heterocycles. The van der Waals surface area contributed by atoms with Crippen LogP contribution in [0.5, 0.6) is 0 Å². The number of aliphatic carboxylic acids is 1. The van der Waals surface area contributed by atoms with Gasteiger partial charge in [0.05, 0.1) is 5.52 Å². The number of rotatable bonds is 7. The van der Waals surface area contributed by atoms with Crippen LogP contribution in [0.2, 0.25) is 0 Å². The molecule has 0 bridgehead atoms. The number of carbonyl (C=O) groups is 1. The average Bonchev–Trinajstić information content (AvgIpc) is 2.84. The Hall–Kier alpha value is -2.00. The molecule has 0 aliphatic rings. The van der Waals surface area contributed by atoms with Crippen molar-refractivity contribution in [2.24, 2.45) is 7.05 Å². The summed E-state index contributed by atoms with van der Waals surface area (Å²) in [7, 11) is -2.09. The second-order valence-electron chi connectivity index (χ2n) is 5.54. The highest BCUT2D eigenvalue weighted by Gasteiger charge is 2.29. The van der Waals surface area contributed by atoms with Crippen LogP contribution in [0, 0.1) is 0 Å². The first kappa shape index (κ1) is 17.4. The van der Waals surface area contributed by atoms with Gasteiger partial charge in [-0.05, 0) is 32.4 Å². The Bertz CT molecular complexity index is 813. The summed E-state index contributed by atoms with van der Waals surface area (Å²) in [5.74, 6) is -0.942. The van der Waals surface area contributed by atoms with Crippen molar-refractivity contribution in [3.8, 4) is 0 Å². The van der Waals surface area contributed by atoms with E-state index in [0.717, 1.165) is 0 Å². The predicted molar refractivity (Wildman–Crippen MR) is 84.4 cm³/mol. The van der Waals surface area contributed by atoms with Crippen LogP contribution in [0.4, 0.5) is 0 Å². The molecule has 0 aliphatic heterocycles. The molecule has 9 heteroatoms. The van der Waals surface area contributed by atoms with Gasteiger partial charge in [-0.15, -0.1) is 5.10 Å². The highest BCUT2D eigenvalue weighted by molar-refractivity contribution is 7.89. The number of aromatic nitrogens is 3. The van der Waals surface area contributed by atoms with Crippen molar-refractivity contribution in [2.75, 3.05) is 6.54 Å². The molecule has 0 amide bonds. The summed E-state index contributed by atoms with van der Waals surface area (Å²) >= 11 is 0. The standard InChI is InChI=1S/C14H20N4O4S/c1-10(2)18(9-5-8-13(19)20)23(21,22)12-7-4-6-11-14(12)15-16-17(11)3/h4,6-7,10H,5,8-9H2,1-3H3,(H,19,20). The molecule has 0 fully saturated rings. The van der Waals surface area contributed by atoms with E-state index in [1.54, 1.807) is 33.0 Å². The zero-order chi connectivity index (χ0) is 17.2. The average molecular weight is 340 g/mol. The lowest BCUT2D eigenvalue weighted by Crippen LogP contribution is -2.38. The molecule has 23 heavy (non-hydrogen) atoms. The molecule has 0 spiro atoms. The fourth-order valence-electron chi connectivity index (χ4n) is 2.41. The molecule has 1 aromatic carbocycles. The summed E-state index contributed by atoms with van der Waals surface area (Å²) in [6, 6.07) is 4.60. The molecule has 0 aliphatic carbocycles. The maximum absolute atomic E-state index is 13.0. The molecule has 1 N–H and O–H groups in total. The topological polar surface area (TPSA) is 105 Å². The fraction of sp³-hybridized carbons (Fsp3) is 0.500. The van der Waals surface area contributed by atoms with E-state index < -0.39 is 16.0 Å². The van der Waals surface area contributed by atoms with Gasteiger partial charge in [0.25, 0.3) is 0 Å². The van der Waals surface area contributed by atoms with Gasteiger partial charge in [0.1, 0.15) is 10.4 Å². The smallest absolute Gasteiger partial charge is 0.303 e. The van der Waals surface area contributed by atoms with Crippen molar-refractivity contribution < 1.29 is 18.3 Å². The van der Waals surface area contributed by atoms with E-state index in [0.29, 0.717) is 11.0 Å². The first-order chi connectivity index (χ1) is 10.7. The quantitative estimate of drug-likeness (QED) is 0.813. The Labute approximate surface area is 134 Å². The van der Waals surface area contributed by atoms with Crippen LogP contribution < -0.4 is 0 Å². The van der Waals surface area contributed by atoms with Crippen LogP contribution in [0.25, 0.3) is 11.0 Å². The van der Waals surface area contributed by atoms with E-state index in [4.69, 9.17) is 5.11 Å². The number of carboxylic acid groups (broad SMARTS) is 1. The molecule has 126 valence electrons. The zero-order valence-corrected chi connectivity index (χ0v) is 14.1. The number of hydrogen-bond acceptors (Lipinski definition) is 5. The summed E-state index contributed by atoms with van der Waals surface area (Å²) in [6.45, 7) is 3.66. The third-order valence-electron chi connectivity index (χ3n) is 3.54. The maximum atomic E-state index is 13.0. The Kier molecular flexibility index (Phi) is 5.00. The number of carboxylic acids is 1. The molecule has 0 atom stereocenters. The number of nitrogens with zero attached hydrogens (tertiary/aromatic N) is 4. The van der Waals surface area contributed by atoms with Gasteiger partial charge in [0, 0.05) is 26.1 Å². The Balaban J connectivity index is 2.42. The van der Waals surface area contributed by atoms with Crippen molar-refractivity contribution >= 4 is 27.0 Å². The monoisotopic (exact) mass is 340 g/mol. The second kappa shape index (κ2) is 6.63. The maximum Gasteiger partial charge on any atom is 0.303 e. The number of benzene rings is 1. The minimum Gasteiger partial charge on any atom is -0.481 e. The third kappa shape index (κ3) is 3.50. The van der Waals surface area contributed by atoms with Crippen LogP contribution in [0.15, 0.2) is 23.1 Å².